The van der Waals surface area contributed by atoms with Crippen LogP contribution in [0.25, 0.3) is 0 Å². The molecule has 1 amide bonds. The van der Waals surface area contributed by atoms with Crippen LogP contribution in [0.5, 0.6) is 0 Å². The molecule has 0 saturated carbocycles. The molecule has 108 valence electrons. The lowest BCUT2D eigenvalue weighted by molar-refractivity contribution is 0.0734. The van der Waals surface area contributed by atoms with E-state index in [1.54, 1.807) is 0 Å². The fourth-order valence-corrected chi connectivity index (χ4v) is 2.82. The van der Waals surface area contributed by atoms with Crippen molar-refractivity contribution in [2.45, 2.75) is 26.3 Å². The van der Waals surface area contributed by atoms with Gasteiger partial charge in [-0.2, -0.15) is 0 Å². The van der Waals surface area contributed by atoms with E-state index in [2.05, 4.69) is 13.0 Å². The number of amides is 1. The zero-order chi connectivity index (χ0) is 14.8. The number of carbonyl (C=O) groups is 1. The van der Waals surface area contributed by atoms with Crippen molar-refractivity contribution >= 4 is 11.6 Å². The summed E-state index contributed by atoms with van der Waals surface area (Å²) in [5, 5.41) is 0. The van der Waals surface area contributed by atoms with Crippen molar-refractivity contribution < 1.29 is 4.79 Å². The molecule has 1 aliphatic rings. The number of benzene rings is 2. The van der Waals surface area contributed by atoms with Gasteiger partial charge in [-0.15, -0.1) is 0 Å². The van der Waals surface area contributed by atoms with Crippen molar-refractivity contribution in [3.8, 4) is 0 Å². The van der Waals surface area contributed by atoms with Gasteiger partial charge in [0.1, 0.15) is 0 Å². The third-order valence-corrected chi connectivity index (χ3v) is 4.14. The molecule has 3 nitrogen and oxygen atoms in total. The number of aryl methyl sites for hydroxylation is 1. The number of carbonyl (C=O) groups excluding carboxylic acids is 1. The van der Waals surface area contributed by atoms with E-state index < -0.39 is 0 Å². The summed E-state index contributed by atoms with van der Waals surface area (Å²) in [6.07, 6.45) is 1.89. The third-order valence-electron chi connectivity index (χ3n) is 4.14. The van der Waals surface area contributed by atoms with Crippen molar-refractivity contribution in [1.82, 2.24) is 4.90 Å². The predicted molar refractivity (Wildman–Crippen MR) is 85.1 cm³/mol. The van der Waals surface area contributed by atoms with Gasteiger partial charge in [0.05, 0.1) is 0 Å². The van der Waals surface area contributed by atoms with Crippen LogP contribution in [0.3, 0.4) is 0 Å². The minimum absolute atomic E-state index is 0.103. The first-order valence-electron chi connectivity index (χ1n) is 7.43. The molecule has 1 heterocycles. The maximum Gasteiger partial charge on any atom is 0.254 e. The number of nitrogens with zero attached hydrogens (tertiary/aromatic N) is 1. The number of nitrogen functional groups attached to an aromatic ring is 1. The first kappa shape index (κ1) is 13.7. The molecule has 0 unspecified atom stereocenters. The number of hydrogen-bond donors (Lipinski definition) is 1. The molecule has 0 aliphatic carbocycles. The second-order valence-corrected chi connectivity index (χ2v) is 5.56. The molecule has 0 bridgehead atoms. The second-order valence-electron chi connectivity index (χ2n) is 5.56. The highest BCUT2D eigenvalue weighted by Gasteiger charge is 2.21. The Labute approximate surface area is 125 Å². The lowest BCUT2D eigenvalue weighted by Crippen LogP contribution is -2.36. The monoisotopic (exact) mass is 280 g/mol. The van der Waals surface area contributed by atoms with Gasteiger partial charge >= 0.3 is 0 Å². The third kappa shape index (κ3) is 2.77. The lowest BCUT2D eigenvalue weighted by atomic mass is 9.98. The van der Waals surface area contributed by atoms with Crippen LogP contribution in [0.1, 0.15) is 34.0 Å². The Morgan fingerprint density at radius 1 is 1.14 bits per heavy atom. The standard InChI is InChI=1S/C18H20N2O/c1-2-13-3-5-15(6-4-13)18(21)20-10-9-14-7-8-17(19)11-16(14)12-20/h3-8,11H,2,9-10,12,19H2,1H3. The predicted octanol–water partition coefficient (Wildman–Crippen LogP) is 3.03. The Morgan fingerprint density at radius 3 is 2.62 bits per heavy atom. The van der Waals surface area contributed by atoms with Crippen molar-refractivity contribution in [3.05, 3.63) is 64.7 Å². The Hall–Kier alpha value is -2.29. The molecule has 1 aliphatic heterocycles. The Bertz CT molecular complexity index is 661. The molecule has 21 heavy (non-hydrogen) atoms. The van der Waals surface area contributed by atoms with Crippen LogP contribution in [0.15, 0.2) is 42.5 Å². The smallest absolute Gasteiger partial charge is 0.254 e. The van der Waals surface area contributed by atoms with Crippen LogP contribution in [0.4, 0.5) is 5.69 Å². The summed E-state index contributed by atoms with van der Waals surface area (Å²) in [6, 6.07) is 13.9. The molecule has 2 N–H and O–H groups in total. The number of anilines is 1. The van der Waals surface area contributed by atoms with Gasteiger partial charge < -0.3 is 10.6 Å². The van der Waals surface area contributed by atoms with Crippen LogP contribution in [-0.4, -0.2) is 17.4 Å². The van der Waals surface area contributed by atoms with E-state index in [0.717, 1.165) is 30.6 Å². The van der Waals surface area contributed by atoms with Gasteiger partial charge in [0.15, 0.2) is 0 Å². The minimum Gasteiger partial charge on any atom is -0.399 e. The molecule has 0 aromatic heterocycles. The van der Waals surface area contributed by atoms with Crippen molar-refractivity contribution in [1.29, 1.82) is 0 Å². The zero-order valence-electron chi connectivity index (χ0n) is 12.3. The number of nitrogens with two attached hydrogens (primary N) is 1. The average Bonchev–Trinajstić information content (AvgIpc) is 2.53. The van der Waals surface area contributed by atoms with E-state index >= 15 is 0 Å². The van der Waals surface area contributed by atoms with Crippen molar-refractivity contribution in [2.75, 3.05) is 12.3 Å². The molecular formula is C18H20N2O. The highest BCUT2D eigenvalue weighted by molar-refractivity contribution is 5.94. The van der Waals surface area contributed by atoms with E-state index in [9.17, 15) is 4.79 Å². The maximum atomic E-state index is 12.6. The summed E-state index contributed by atoms with van der Waals surface area (Å²) < 4.78 is 0. The second kappa shape index (κ2) is 5.60. The van der Waals surface area contributed by atoms with E-state index in [4.69, 9.17) is 5.73 Å². The maximum absolute atomic E-state index is 12.6. The number of fused-ring (bicyclic) bond motifs is 1. The van der Waals surface area contributed by atoms with E-state index in [-0.39, 0.29) is 5.91 Å². The van der Waals surface area contributed by atoms with Gasteiger partial charge in [-0.05, 0) is 53.8 Å². The van der Waals surface area contributed by atoms with Gasteiger partial charge in [0, 0.05) is 24.3 Å². The SMILES string of the molecule is CCc1ccc(C(=O)N2CCc3ccc(N)cc3C2)cc1. The lowest BCUT2D eigenvalue weighted by Gasteiger charge is -2.29. The fourth-order valence-electron chi connectivity index (χ4n) is 2.82. The molecule has 0 fully saturated rings. The molecule has 0 saturated heterocycles. The highest BCUT2D eigenvalue weighted by atomic mass is 16.2. The molecule has 3 heteroatoms. The van der Waals surface area contributed by atoms with Gasteiger partial charge in [-0.3, -0.25) is 4.79 Å². The average molecular weight is 280 g/mol. The molecule has 0 radical (unpaired) electrons. The highest BCUT2D eigenvalue weighted by Crippen LogP contribution is 2.22. The first-order chi connectivity index (χ1) is 10.2. The molecule has 2 aromatic rings. The molecule has 0 spiro atoms. The first-order valence-corrected chi connectivity index (χ1v) is 7.43. The zero-order valence-corrected chi connectivity index (χ0v) is 12.3. The van der Waals surface area contributed by atoms with Crippen LogP contribution < -0.4 is 5.73 Å². The summed E-state index contributed by atoms with van der Waals surface area (Å²) in [7, 11) is 0. The molecular weight excluding hydrogens is 260 g/mol. The summed E-state index contributed by atoms with van der Waals surface area (Å²) in [5.41, 5.74) is 11.1. The minimum atomic E-state index is 0.103. The van der Waals surface area contributed by atoms with Crippen LogP contribution in [0.2, 0.25) is 0 Å². The largest absolute Gasteiger partial charge is 0.399 e. The van der Waals surface area contributed by atoms with Crippen LogP contribution in [-0.2, 0) is 19.4 Å². The fraction of sp³-hybridized carbons (Fsp3) is 0.278. The summed E-state index contributed by atoms with van der Waals surface area (Å²) >= 11 is 0. The van der Waals surface area contributed by atoms with Gasteiger partial charge in [-0.25, -0.2) is 0 Å². The summed E-state index contributed by atoms with van der Waals surface area (Å²) in [5.74, 6) is 0.103. The molecule has 0 atom stereocenters. The topological polar surface area (TPSA) is 46.3 Å². The molecule has 3 rings (SSSR count). The Balaban J connectivity index is 1.79. The van der Waals surface area contributed by atoms with Crippen LogP contribution >= 0.6 is 0 Å². The summed E-state index contributed by atoms with van der Waals surface area (Å²) in [4.78, 5) is 14.5. The number of rotatable bonds is 2. The van der Waals surface area contributed by atoms with Gasteiger partial charge in [0.25, 0.3) is 5.91 Å². The molecule has 2 aromatic carbocycles. The van der Waals surface area contributed by atoms with Gasteiger partial charge in [0.2, 0.25) is 0 Å². The van der Waals surface area contributed by atoms with E-state index in [1.807, 2.05) is 41.3 Å². The van der Waals surface area contributed by atoms with Crippen LogP contribution in [0, 0.1) is 0 Å². The quantitative estimate of drug-likeness (QED) is 0.859. The Morgan fingerprint density at radius 2 is 1.90 bits per heavy atom. The Kier molecular flexibility index (Phi) is 3.65. The van der Waals surface area contributed by atoms with Gasteiger partial charge in [-0.1, -0.05) is 25.1 Å². The number of hydrogen-bond acceptors (Lipinski definition) is 2. The summed E-state index contributed by atoms with van der Waals surface area (Å²) in [6.45, 7) is 3.53. The van der Waals surface area contributed by atoms with E-state index in [1.165, 1.54) is 16.7 Å². The van der Waals surface area contributed by atoms with E-state index in [0.29, 0.717) is 6.54 Å². The normalized spacial score (nSPS) is 13.9. The van der Waals surface area contributed by atoms with Crippen molar-refractivity contribution in [3.63, 3.8) is 0 Å². The van der Waals surface area contributed by atoms with Crippen molar-refractivity contribution in [2.24, 2.45) is 0 Å².